The molecular weight excluding hydrogens is 244 g/mol. The largest absolute Gasteiger partial charge is 0.464 e. The van der Waals surface area contributed by atoms with Crippen molar-refractivity contribution in [2.24, 2.45) is 0 Å². The molecule has 6 nitrogen and oxygen atoms in total. The first-order chi connectivity index (χ1) is 8.26. The third-order valence-electron chi connectivity index (χ3n) is 1.92. The van der Waals surface area contributed by atoms with E-state index in [0.29, 0.717) is 12.6 Å². The van der Waals surface area contributed by atoms with Crippen LogP contribution in [0.25, 0.3) is 0 Å². The molecule has 1 rings (SSSR count). The molecule has 0 radical (unpaired) electrons. The number of halogens is 1. The van der Waals surface area contributed by atoms with Gasteiger partial charge in [-0.15, -0.1) is 0 Å². The summed E-state index contributed by atoms with van der Waals surface area (Å²) in [5, 5.41) is 3.19. The first-order valence-electron chi connectivity index (χ1n) is 5.53. The van der Waals surface area contributed by atoms with E-state index in [-0.39, 0.29) is 11.3 Å². The summed E-state index contributed by atoms with van der Waals surface area (Å²) >= 11 is 5.75. The molecule has 1 heterocycles. The van der Waals surface area contributed by atoms with Gasteiger partial charge in [-0.2, -0.15) is 15.0 Å². The molecule has 0 aliphatic heterocycles. The molecule has 0 atom stereocenters. The van der Waals surface area contributed by atoms with E-state index in [9.17, 15) is 0 Å². The Labute approximate surface area is 106 Å². The van der Waals surface area contributed by atoms with Crippen LogP contribution in [0.1, 0.15) is 19.8 Å². The molecule has 1 N–H and O–H groups in total. The molecule has 0 aliphatic rings. The fourth-order valence-corrected chi connectivity index (χ4v) is 1.33. The quantitative estimate of drug-likeness (QED) is 0.719. The minimum atomic E-state index is 0.128. The van der Waals surface area contributed by atoms with Gasteiger partial charge < -0.3 is 14.8 Å². The van der Waals surface area contributed by atoms with Crippen molar-refractivity contribution in [3.63, 3.8) is 0 Å². The van der Waals surface area contributed by atoms with Gasteiger partial charge in [-0.1, -0.05) is 0 Å². The van der Waals surface area contributed by atoms with Crippen LogP contribution in [0.15, 0.2) is 0 Å². The molecule has 0 spiro atoms. The zero-order chi connectivity index (χ0) is 12.5. The molecule has 96 valence electrons. The maximum atomic E-state index is 5.75. The zero-order valence-corrected chi connectivity index (χ0v) is 10.8. The lowest BCUT2D eigenvalue weighted by molar-refractivity contribution is 0.193. The van der Waals surface area contributed by atoms with Crippen LogP contribution in [0.3, 0.4) is 0 Å². The van der Waals surface area contributed by atoms with Crippen molar-refractivity contribution in [3.8, 4) is 6.01 Å². The molecule has 7 heteroatoms. The van der Waals surface area contributed by atoms with Crippen LogP contribution in [0, 0.1) is 0 Å². The number of nitrogens with zero attached hydrogens (tertiary/aromatic N) is 3. The Hall–Kier alpha value is -1.14. The van der Waals surface area contributed by atoms with Gasteiger partial charge in [-0.25, -0.2) is 0 Å². The number of nitrogens with one attached hydrogen (secondary N) is 1. The standard InChI is InChI=1S/C10H17ClN4O2/c1-3-17-10-14-8(11)13-9(15-10)12-6-4-5-7-16-2/h3-7H2,1-2H3,(H,12,13,14,15). The van der Waals surface area contributed by atoms with E-state index < -0.39 is 0 Å². The minimum absolute atomic E-state index is 0.128. The van der Waals surface area contributed by atoms with Gasteiger partial charge >= 0.3 is 6.01 Å². The van der Waals surface area contributed by atoms with Crippen molar-refractivity contribution in [2.45, 2.75) is 19.8 Å². The van der Waals surface area contributed by atoms with Crippen molar-refractivity contribution in [1.82, 2.24) is 15.0 Å². The number of unbranched alkanes of at least 4 members (excludes halogenated alkanes) is 1. The maximum Gasteiger partial charge on any atom is 0.322 e. The normalized spacial score (nSPS) is 10.3. The smallest absolute Gasteiger partial charge is 0.322 e. The number of aromatic nitrogens is 3. The maximum absolute atomic E-state index is 5.75. The second kappa shape index (κ2) is 8.03. The molecule has 0 saturated carbocycles. The van der Waals surface area contributed by atoms with E-state index in [1.54, 1.807) is 7.11 Å². The number of rotatable bonds is 8. The van der Waals surface area contributed by atoms with E-state index in [0.717, 1.165) is 26.0 Å². The van der Waals surface area contributed by atoms with Gasteiger partial charge in [0, 0.05) is 20.3 Å². The molecule has 17 heavy (non-hydrogen) atoms. The van der Waals surface area contributed by atoms with E-state index in [2.05, 4.69) is 20.3 Å². The average molecular weight is 261 g/mol. The van der Waals surface area contributed by atoms with E-state index in [1.807, 2.05) is 6.92 Å². The monoisotopic (exact) mass is 260 g/mol. The highest BCUT2D eigenvalue weighted by molar-refractivity contribution is 6.28. The summed E-state index contributed by atoms with van der Waals surface area (Å²) < 4.78 is 10.1. The first-order valence-corrected chi connectivity index (χ1v) is 5.91. The predicted octanol–water partition coefficient (Wildman–Crippen LogP) is 1.76. The van der Waals surface area contributed by atoms with Crippen molar-refractivity contribution in [1.29, 1.82) is 0 Å². The van der Waals surface area contributed by atoms with Crippen LogP contribution in [0.5, 0.6) is 6.01 Å². The fraction of sp³-hybridized carbons (Fsp3) is 0.700. The van der Waals surface area contributed by atoms with Crippen LogP contribution < -0.4 is 10.1 Å². The molecule has 0 unspecified atom stereocenters. The molecule has 0 aromatic carbocycles. The highest BCUT2D eigenvalue weighted by atomic mass is 35.5. The summed E-state index contributed by atoms with van der Waals surface area (Å²) in [5.74, 6) is 0.436. The van der Waals surface area contributed by atoms with E-state index >= 15 is 0 Å². The first kappa shape index (κ1) is 13.9. The van der Waals surface area contributed by atoms with Gasteiger partial charge in [0.2, 0.25) is 11.2 Å². The van der Waals surface area contributed by atoms with Gasteiger partial charge in [0.1, 0.15) is 0 Å². The second-order valence-corrected chi connectivity index (χ2v) is 3.61. The third kappa shape index (κ3) is 5.65. The van der Waals surface area contributed by atoms with Crippen molar-refractivity contribution in [3.05, 3.63) is 5.28 Å². The predicted molar refractivity (Wildman–Crippen MR) is 65.6 cm³/mol. The van der Waals surface area contributed by atoms with Crippen molar-refractivity contribution in [2.75, 3.05) is 32.2 Å². The Morgan fingerprint density at radius 2 is 2.06 bits per heavy atom. The highest BCUT2D eigenvalue weighted by Gasteiger charge is 2.04. The Kier molecular flexibility index (Phi) is 6.57. The van der Waals surface area contributed by atoms with Gasteiger partial charge in [-0.05, 0) is 31.4 Å². The van der Waals surface area contributed by atoms with Crippen molar-refractivity contribution >= 4 is 17.5 Å². The summed E-state index contributed by atoms with van der Waals surface area (Å²) in [6.07, 6.45) is 1.96. The Balaban J connectivity index is 2.41. The molecule has 1 aromatic heterocycles. The number of anilines is 1. The molecule has 0 fully saturated rings. The lowest BCUT2D eigenvalue weighted by Crippen LogP contribution is -2.08. The van der Waals surface area contributed by atoms with Crippen LogP contribution in [0.4, 0.5) is 5.95 Å². The van der Waals surface area contributed by atoms with E-state index in [4.69, 9.17) is 21.1 Å². The lowest BCUT2D eigenvalue weighted by atomic mass is 10.3. The summed E-state index contributed by atoms with van der Waals surface area (Å²) in [4.78, 5) is 11.9. The van der Waals surface area contributed by atoms with Gasteiger partial charge in [0.05, 0.1) is 6.61 Å². The number of hydrogen-bond donors (Lipinski definition) is 1. The number of ether oxygens (including phenoxy) is 2. The Morgan fingerprint density at radius 1 is 1.24 bits per heavy atom. The summed E-state index contributed by atoms with van der Waals surface area (Å²) in [6.45, 7) is 3.86. The number of hydrogen-bond acceptors (Lipinski definition) is 6. The minimum Gasteiger partial charge on any atom is -0.464 e. The molecule has 0 amide bonds. The van der Waals surface area contributed by atoms with Crippen molar-refractivity contribution < 1.29 is 9.47 Å². The van der Waals surface area contributed by atoms with Gasteiger partial charge in [0.25, 0.3) is 0 Å². The summed E-state index contributed by atoms with van der Waals surface area (Å²) in [5.41, 5.74) is 0. The fourth-order valence-electron chi connectivity index (χ4n) is 1.18. The molecule has 0 aliphatic carbocycles. The van der Waals surface area contributed by atoms with Gasteiger partial charge in [-0.3, -0.25) is 0 Å². The van der Waals surface area contributed by atoms with E-state index in [1.165, 1.54) is 0 Å². The Morgan fingerprint density at radius 3 is 2.76 bits per heavy atom. The topological polar surface area (TPSA) is 69.2 Å². The van der Waals surface area contributed by atoms with Crippen LogP contribution in [-0.4, -0.2) is 41.8 Å². The highest BCUT2D eigenvalue weighted by Crippen LogP contribution is 2.11. The van der Waals surface area contributed by atoms with Crippen LogP contribution >= 0.6 is 11.6 Å². The van der Waals surface area contributed by atoms with Gasteiger partial charge in [0.15, 0.2) is 0 Å². The van der Waals surface area contributed by atoms with Crippen LogP contribution in [-0.2, 0) is 4.74 Å². The summed E-state index contributed by atoms with van der Waals surface area (Å²) in [7, 11) is 1.69. The molecule has 0 bridgehead atoms. The average Bonchev–Trinajstić information content (AvgIpc) is 2.28. The second-order valence-electron chi connectivity index (χ2n) is 3.27. The SMILES string of the molecule is CCOc1nc(Cl)nc(NCCCCOC)n1. The summed E-state index contributed by atoms with van der Waals surface area (Å²) in [6, 6.07) is 0.242. The molecule has 0 saturated heterocycles. The lowest BCUT2D eigenvalue weighted by Gasteiger charge is -2.06. The number of methoxy groups -OCH3 is 1. The van der Waals surface area contributed by atoms with Crippen LogP contribution in [0.2, 0.25) is 5.28 Å². The Bertz CT molecular complexity index is 338. The third-order valence-corrected chi connectivity index (χ3v) is 2.09. The zero-order valence-electron chi connectivity index (χ0n) is 10.1. The molecular formula is C10H17ClN4O2. The molecule has 1 aromatic rings.